The van der Waals surface area contributed by atoms with Gasteiger partial charge in [0.25, 0.3) is 5.91 Å². The maximum absolute atomic E-state index is 11.9. The van der Waals surface area contributed by atoms with Crippen molar-refractivity contribution in [3.63, 3.8) is 0 Å². The molecule has 0 spiro atoms. The number of aromatic amines is 1. The van der Waals surface area contributed by atoms with Crippen LogP contribution in [0.5, 0.6) is 0 Å². The molecule has 1 atom stereocenters. The van der Waals surface area contributed by atoms with Crippen molar-refractivity contribution in [3.8, 4) is 0 Å². The van der Waals surface area contributed by atoms with Gasteiger partial charge in [-0.25, -0.2) is 0 Å². The van der Waals surface area contributed by atoms with Gasteiger partial charge in [0.05, 0.1) is 0 Å². The molecule has 1 amide bonds. The predicted molar refractivity (Wildman–Crippen MR) is 71.6 cm³/mol. The minimum Gasteiger partial charge on any atom is -0.348 e. The first kappa shape index (κ1) is 14.0. The van der Waals surface area contributed by atoms with Gasteiger partial charge in [-0.15, -0.1) is 0 Å². The van der Waals surface area contributed by atoms with Crippen molar-refractivity contribution < 1.29 is 4.79 Å². The Balaban J connectivity index is 2.73. The van der Waals surface area contributed by atoms with Gasteiger partial charge in [-0.2, -0.15) is 0 Å². The molecule has 0 aliphatic carbocycles. The summed E-state index contributed by atoms with van der Waals surface area (Å²) in [5, 5.41) is 3.76. The summed E-state index contributed by atoms with van der Waals surface area (Å²) in [4.78, 5) is 25.5. The molecule has 0 saturated carbocycles. The number of carbonyl (C=O) groups excluding carboxylic acids is 1. The lowest BCUT2D eigenvalue weighted by atomic mass is 10.0. The second kappa shape index (κ2) is 6.59. The minimum absolute atomic E-state index is 0.102. The number of pyridine rings is 1. The van der Waals surface area contributed by atoms with Gasteiger partial charge in [-0.1, -0.05) is 35.8 Å². The number of alkyl halides is 1. The highest BCUT2D eigenvalue weighted by Gasteiger charge is 2.16. The Hall–Kier alpha value is -1.10. The SMILES string of the molecule is CC(C)C(CCBr)NC(=O)c1cccc(=O)[nH]1. The van der Waals surface area contributed by atoms with Gasteiger partial charge in [0.15, 0.2) is 0 Å². The summed E-state index contributed by atoms with van der Waals surface area (Å²) in [6.45, 7) is 4.11. The lowest BCUT2D eigenvalue weighted by Gasteiger charge is -2.21. The summed E-state index contributed by atoms with van der Waals surface area (Å²) < 4.78 is 0. The number of nitrogens with one attached hydrogen (secondary N) is 2. The van der Waals surface area contributed by atoms with Crippen LogP contribution < -0.4 is 10.9 Å². The number of halogens is 1. The molecule has 1 rings (SSSR count). The first-order valence-corrected chi connectivity index (χ1v) is 6.73. The van der Waals surface area contributed by atoms with Gasteiger partial charge in [0.1, 0.15) is 5.69 Å². The average molecular weight is 301 g/mol. The third kappa shape index (κ3) is 4.34. The molecular formula is C12H17BrN2O2. The number of rotatable bonds is 5. The molecule has 94 valence electrons. The maximum atomic E-state index is 11.9. The van der Waals surface area contributed by atoms with Gasteiger partial charge in [0.2, 0.25) is 5.56 Å². The Morgan fingerprint density at radius 2 is 2.18 bits per heavy atom. The van der Waals surface area contributed by atoms with Gasteiger partial charge in [-0.05, 0) is 18.4 Å². The van der Waals surface area contributed by atoms with E-state index in [1.54, 1.807) is 12.1 Å². The topological polar surface area (TPSA) is 62.0 Å². The van der Waals surface area contributed by atoms with E-state index in [0.717, 1.165) is 11.8 Å². The smallest absolute Gasteiger partial charge is 0.268 e. The Bertz CT molecular complexity index is 429. The van der Waals surface area contributed by atoms with E-state index in [0.29, 0.717) is 11.6 Å². The molecule has 1 aromatic heterocycles. The van der Waals surface area contributed by atoms with Crippen LogP contribution in [0.1, 0.15) is 30.8 Å². The lowest BCUT2D eigenvalue weighted by Crippen LogP contribution is -2.39. The van der Waals surface area contributed by atoms with Crippen LogP contribution in [-0.4, -0.2) is 22.3 Å². The van der Waals surface area contributed by atoms with Crippen LogP contribution >= 0.6 is 15.9 Å². The number of aromatic nitrogens is 1. The molecule has 17 heavy (non-hydrogen) atoms. The molecule has 0 saturated heterocycles. The van der Waals surface area contributed by atoms with Crippen molar-refractivity contribution in [3.05, 3.63) is 34.2 Å². The van der Waals surface area contributed by atoms with E-state index in [9.17, 15) is 9.59 Å². The van der Waals surface area contributed by atoms with Crippen molar-refractivity contribution in [2.24, 2.45) is 5.92 Å². The van der Waals surface area contributed by atoms with E-state index >= 15 is 0 Å². The van der Waals surface area contributed by atoms with Crippen molar-refractivity contribution in [1.29, 1.82) is 0 Å². The number of H-pyrrole nitrogens is 1. The number of carbonyl (C=O) groups is 1. The predicted octanol–water partition coefficient (Wildman–Crippen LogP) is 1.91. The molecule has 0 fully saturated rings. The summed E-state index contributed by atoms with van der Waals surface area (Å²) >= 11 is 3.37. The van der Waals surface area contributed by atoms with Crippen LogP contribution in [0.3, 0.4) is 0 Å². The summed E-state index contributed by atoms with van der Waals surface area (Å²) in [6.07, 6.45) is 0.862. The summed E-state index contributed by atoms with van der Waals surface area (Å²) in [5.41, 5.74) is 0.0389. The molecule has 1 heterocycles. The second-order valence-corrected chi connectivity index (χ2v) is 5.02. The molecule has 2 N–H and O–H groups in total. The Kier molecular flexibility index (Phi) is 5.41. The number of hydrogen-bond donors (Lipinski definition) is 2. The van der Waals surface area contributed by atoms with E-state index in [1.165, 1.54) is 6.07 Å². The zero-order valence-electron chi connectivity index (χ0n) is 10.00. The van der Waals surface area contributed by atoms with Gasteiger partial charge >= 0.3 is 0 Å². The van der Waals surface area contributed by atoms with Crippen molar-refractivity contribution >= 4 is 21.8 Å². The third-order valence-corrected chi connectivity index (χ3v) is 3.01. The fourth-order valence-corrected chi connectivity index (χ4v) is 2.01. The second-order valence-electron chi connectivity index (χ2n) is 4.23. The number of hydrogen-bond acceptors (Lipinski definition) is 2. The van der Waals surface area contributed by atoms with Crippen LogP contribution in [0, 0.1) is 5.92 Å². The highest BCUT2D eigenvalue weighted by atomic mass is 79.9. The van der Waals surface area contributed by atoms with Crippen LogP contribution in [0.25, 0.3) is 0 Å². The molecule has 0 aliphatic rings. The van der Waals surface area contributed by atoms with E-state index in [1.807, 2.05) is 0 Å². The highest BCUT2D eigenvalue weighted by Crippen LogP contribution is 2.08. The fourth-order valence-electron chi connectivity index (χ4n) is 1.52. The van der Waals surface area contributed by atoms with Crippen LogP contribution in [-0.2, 0) is 0 Å². The first-order chi connectivity index (χ1) is 8.04. The maximum Gasteiger partial charge on any atom is 0.268 e. The minimum atomic E-state index is -0.265. The van der Waals surface area contributed by atoms with Crippen LogP contribution in [0.2, 0.25) is 0 Å². The van der Waals surface area contributed by atoms with E-state index in [2.05, 4.69) is 40.1 Å². The zero-order valence-corrected chi connectivity index (χ0v) is 11.6. The number of amides is 1. The van der Waals surface area contributed by atoms with Crippen LogP contribution in [0.15, 0.2) is 23.0 Å². The Morgan fingerprint density at radius 3 is 2.71 bits per heavy atom. The Labute approximate surface area is 109 Å². The third-order valence-electron chi connectivity index (χ3n) is 2.55. The van der Waals surface area contributed by atoms with E-state index in [-0.39, 0.29) is 17.5 Å². The summed E-state index contributed by atoms with van der Waals surface area (Å²) in [6, 6.07) is 4.66. The van der Waals surface area contributed by atoms with Gasteiger partial charge in [0, 0.05) is 17.4 Å². The lowest BCUT2D eigenvalue weighted by molar-refractivity contribution is 0.0919. The van der Waals surface area contributed by atoms with Gasteiger partial charge < -0.3 is 10.3 Å². The van der Waals surface area contributed by atoms with E-state index in [4.69, 9.17) is 0 Å². The van der Waals surface area contributed by atoms with Crippen molar-refractivity contribution in [2.75, 3.05) is 5.33 Å². The molecular weight excluding hydrogens is 284 g/mol. The normalized spacial score (nSPS) is 12.5. The van der Waals surface area contributed by atoms with Crippen molar-refractivity contribution in [2.45, 2.75) is 26.3 Å². The Morgan fingerprint density at radius 1 is 1.47 bits per heavy atom. The standard InChI is InChI=1S/C12H17BrN2O2/c1-8(2)9(6-7-13)15-12(17)10-4-3-5-11(16)14-10/h3-5,8-9H,6-7H2,1-2H3,(H,14,16)(H,15,17). The molecule has 0 bridgehead atoms. The molecule has 4 nitrogen and oxygen atoms in total. The molecule has 0 radical (unpaired) electrons. The molecule has 0 aliphatic heterocycles. The molecule has 1 unspecified atom stereocenters. The zero-order chi connectivity index (χ0) is 12.8. The summed E-state index contributed by atoms with van der Waals surface area (Å²) in [5.74, 6) is 0.120. The highest BCUT2D eigenvalue weighted by molar-refractivity contribution is 9.09. The summed E-state index contributed by atoms with van der Waals surface area (Å²) in [7, 11) is 0. The fraction of sp³-hybridized carbons (Fsp3) is 0.500. The molecule has 0 aromatic carbocycles. The quantitative estimate of drug-likeness (QED) is 0.816. The van der Waals surface area contributed by atoms with Gasteiger partial charge in [-0.3, -0.25) is 9.59 Å². The largest absolute Gasteiger partial charge is 0.348 e. The molecule has 5 heteroatoms. The first-order valence-electron chi connectivity index (χ1n) is 5.60. The average Bonchev–Trinajstić information content (AvgIpc) is 2.28. The van der Waals surface area contributed by atoms with Crippen molar-refractivity contribution in [1.82, 2.24) is 10.3 Å². The monoisotopic (exact) mass is 300 g/mol. The van der Waals surface area contributed by atoms with E-state index < -0.39 is 0 Å². The molecule has 1 aromatic rings. The van der Waals surface area contributed by atoms with Crippen LogP contribution in [0.4, 0.5) is 0 Å².